The molecule has 0 amide bonds. The van der Waals surface area contributed by atoms with Gasteiger partial charge in [-0.1, -0.05) is 23.7 Å². The van der Waals surface area contributed by atoms with E-state index in [1.54, 1.807) is 38.1 Å². The van der Waals surface area contributed by atoms with E-state index in [0.29, 0.717) is 33.9 Å². The summed E-state index contributed by atoms with van der Waals surface area (Å²) in [4.78, 5) is 19.9. The highest BCUT2D eigenvalue weighted by Gasteiger charge is 2.22. The maximum absolute atomic E-state index is 11.2. The number of halogens is 1. The molecule has 36 heavy (non-hydrogen) atoms. The molecule has 188 valence electrons. The van der Waals surface area contributed by atoms with Crippen LogP contribution in [-0.2, 0) is 9.53 Å². The van der Waals surface area contributed by atoms with Crippen molar-refractivity contribution in [3.8, 4) is 17.3 Å². The number of carbonyl (C=O) groups excluding carboxylic acids is 1. The summed E-state index contributed by atoms with van der Waals surface area (Å²) in [7, 11) is 0. The summed E-state index contributed by atoms with van der Waals surface area (Å²) < 4.78 is 8.43. The van der Waals surface area contributed by atoms with Crippen LogP contribution in [0.3, 0.4) is 0 Å². The molecule has 0 bridgehead atoms. The zero-order valence-electron chi connectivity index (χ0n) is 20.7. The van der Waals surface area contributed by atoms with E-state index in [1.165, 1.54) is 49.1 Å². The lowest BCUT2D eigenvalue weighted by molar-refractivity contribution is 0.0968. The number of carbonyl (C=O) groups is 1. The molecule has 1 aliphatic carbocycles. The van der Waals surface area contributed by atoms with Gasteiger partial charge in [0.15, 0.2) is 5.49 Å². The molecule has 2 aromatic heterocycles. The molecule has 9 heteroatoms. The van der Waals surface area contributed by atoms with Crippen LogP contribution in [-0.4, -0.2) is 39.0 Å². The van der Waals surface area contributed by atoms with Gasteiger partial charge in [0.2, 0.25) is 6.41 Å². The van der Waals surface area contributed by atoms with E-state index in [9.17, 15) is 4.79 Å². The average molecular weight is 507 g/mol. The zero-order chi connectivity index (χ0) is 25.8. The van der Waals surface area contributed by atoms with Crippen molar-refractivity contribution in [3.63, 3.8) is 0 Å². The number of hydrogen-bond donors (Lipinski definition) is 0. The number of hydrogen-bond acceptors (Lipinski definition) is 6. The number of benzene rings is 1. The van der Waals surface area contributed by atoms with Crippen molar-refractivity contribution < 1.29 is 9.53 Å². The third-order valence-electron chi connectivity index (χ3n) is 5.58. The Morgan fingerprint density at radius 2 is 1.86 bits per heavy atom. The maximum atomic E-state index is 11.2. The molecule has 5 rings (SSSR count). The van der Waals surface area contributed by atoms with Crippen LogP contribution in [0.4, 0.5) is 0 Å². The third kappa shape index (κ3) is 8.29. The monoisotopic (exact) mass is 506 g/mol. The first-order valence-electron chi connectivity index (χ1n) is 12.0. The van der Waals surface area contributed by atoms with Gasteiger partial charge in [-0.25, -0.2) is 4.99 Å². The normalized spacial score (nSPS) is 15.9. The second-order valence-electron chi connectivity index (χ2n) is 8.42. The number of nitriles is 1. The van der Waals surface area contributed by atoms with E-state index < -0.39 is 0 Å². The average Bonchev–Trinajstić information content (AvgIpc) is 3.64. The molecular weight excluding hydrogens is 476 g/mol. The molecule has 0 atom stereocenters. The molecule has 3 heterocycles. The van der Waals surface area contributed by atoms with Crippen LogP contribution < -0.4 is 5.49 Å². The van der Waals surface area contributed by atoms with Gasteiger partial charge in [0.1, 0.15) is 5.69 Å². The molecule has 0 N–H and O–H groups in total. The van der Waals surface area contributed by atoms with Crippen molar-refractivity contribution in [2.75, 3.05) is 13.2 Å². The molecule has 3 aromatic rings. The lowest BCUT2D eigenvalue weighted by Gasteiger charge is -2.08. The molecule has 0 spiro atoms. The molecule has 0 unspecified atom stereocenters. The van der Waals surface area contributed by atoms with E-state index in [-0.39, 0.29) is 0 Å². The third-order valence-corrected chi connectivity index (χ3v) is 5.86. The van der Waals surface area contributed by atoms with Crippen molar-refractivity contribution in [3.05, 3.63) is 76.9 Å². The number of aromatic nitrogens is 4. The minimum absolute atomic E-state index is 0.389. The number of rotatable bonds is 4. The predicted molar refractivity (Wildman–Crippen MR) is 139 cm³/mol. The first-order chi connectivity index (χ1) is 17.5. The Bertz CT molecular complexity index is 1230. The summed E-state index contributed by atoms with van der Waals surface area (Å²) in [5.41, 5.74) is 2.83. The number of allylic oxidation sites excluding steroid dienone is 2. The van der Waals surface area contributed by atoms with Gasteiger partial charge >= 0.3 is 0 Å². The first-order valence-corrected chi connectivity index (χ1v) is 12.4. The maximum Gasteiger partial charge on any atom is 0.219 e. The summed E-state index contributed by atoms with van der Waals surface area (Å²) in [6.45, 7) is 5.48. The van der Waals surface area contributed by atoms with Crippen LogP contribution in [0.5, 0.6) is 0 Å². The standard InChI is InChI=1S/C16H13ClN4O.C6H8N2.C5H10O/c1-11(17)12(2)20-16-15(19-7-8-21(16)10-22)14-5-3-13(9-18)4-6-14;1-4-7-8(5-1)6-2-3-6;1-2-4-6-5-3-1/h3-8,10H,1-2H3;1,4-6H,2-3H2;1-5H2/b12-11+,20-16?;;. The van der Waals surface area contributed by atoms with Gasteiger partial charge in [-0.05, 0) is 64.2 Å². The summed E-state index contributed by atoms with van der Waals surface area (Å²) in [5.74, 6) is 0. The highest BCUT2D eigenvalue weighted by molar-refractivity contribution is 6.29. The van der Waals surface area contributed by atoms with E-state index in [4.69, 9.17) is 21.6 Å². The minimum atomic E-state index is 0.389. The fourth-order valence-corrected chi connectivity index (χ4v) is 3.33. The fraction of sp³-hybridized carbons (Fsp3) is 0.370. The van der Waals surface area contributed by atoms with Crippen molar-refractivity contribution >= 4 is 18.0 Å². The summed E-state index contributed by atoms with van der Waals surface area (Å²) >= 11 is 5.94. The van der Waals surface area contributed by atoms with Gasteiger partial charge in [-0.2, -0.15) is 10.4 Å². The van der Waals surface area contributed by atoms with Gasteiger partial charge in [0.05, 0.1) is 23.4 Å². The van der Waals surface area contributed by atoms with E-state index in [1.807, 2.05) is 23.1 Å². The summed E-state index contributed by atoms with van der Waals surface area (Å²) in [6, 6.07) is 11.7. The van der Waals surface area contributed by atoms with E-state index >= 15 is 0 Å². The number of nitrogens with zero attached hydrogens (tertiary/aromatic N) is 6. The molecule has 1 saturated carbocycles. The van der Waals surface area contributed by atoms with E-state index in [2.05, 4.69) is 21.1 Å². The molecular formula is C27H31ClN6O2. The van der Waals surface area contributed by atoms with Gasteiger partial charge in [0, 0.05) is 48.6 Å². The van der Waals surface area contributed by atoms with Crippen molar-refractivity contribution in [2.45, 2.75) is 52.0 Å². The highest BCUT2D eigenvalue weighted by atomic mass is 35.5. The van der Waals surface area contributed by atoms with Gasteiger partial charge in [-0.3, -0.25) is 19.0 Å². The van der Waals surface area contributed by atoms with Crippen LogP contribution in [0.2, 0.25) is 0 Å². The van der Waals surface area contributed by atoms with Crippen molar-refractivity contribution in [1.82, 2.24) is 19.3 Å². The topological polar surface area (TPSA) is 98.1 Å². The fourth-order valence-electron chi connectivity index (χ4n) is 3.29. The zero-order valence-corrected chi connectivity index (χ0v) is 21.4. The second-order valence-corrected chi connectivity index (χ2v) is 8.99. The molecule has 2 fully saturated rings. The van der Waals surface area contributed by atoms with Gasteiger partial charge < -0.3 is 4.74 Å². The lowest BCUT2D eigenvalue weighted by Crippen LogP contribution is -2.23. The summed E-state index contributed by atoms with van der Waals surface area (Å²) in [6.07, 6.45) is 14.1. The van der Waals surface area contributed by atoms with Gasteiger partial charge in [0.25, 0.3) is 0 Å². The van der Waals surface area contributed by atoms with Crippen LogP contribution >= 0.6 is 11.6 Å². The van der Waals surface area contributed by atoms with Crippen LogP contribution in [0.25, 0.3) is 11.3 Å². The Hall–Kier alpha value is -3.54. The Balaban J connectivity index is 0.000000206. The quantitative estimate of drug-likeness (QED) is 0.450. The van der Waals surface area contributed by atoms with Crippen LogP contribution in [0, 0.1) is 11.3 Å². The Kier molecular flexibility index (Phi) is 10.6. The molecule has 1 aliphatic heterocycles. The highest BCUT2D eigenvalue weighted by Crippen LogP contribution is 2.33. The van der Waals surface area contributed by atoms with Crippen molar-refractivity contribution in [1.29, 1.82) is 5.26 Å². The largest absolute Gasteiger partial charge is 0.381 e. The van der Waals surface area contributed by atoms with E-state index in [0.717, 1.165) is 24.8 Å². The molecule has 8 nitrogen and oxygen atoms in total. The predicted octanol–water partition coefficient (Wildman–Crippen LogP) is 5.26. The Morgan fingerprint density at radius 1 is 1.14 bits per heavy atom. The second kappa shape index (κ2) is 14.1. The van der Waals surface area contributed by atoms with Crippen LogP contribution in [0.15, 0.2) is 70.8 Å². The molecule has 1 saturated heterocycles. The van der Waals surface area contributed by atoms with Crippen molar-refractivity contribution in [2.24, 2.45) is 4.99 Å². The Morgan fingerprint density at radius 3 is 2.33 bits per heavy atom. The minimum Gasteiger partial charge on any atom is -0.381 e. The smallest absolute Gasteiger partial charge is 0.219 e. The molecule has 2 aliphatic rings. The Labute approximate surface area is 216 Å². The first kappa shape index (κ1) is 27.1. The summed E-state index contributed by atoms with van der Waals surface area (Å²) in [5, 5.41) is 13.5. The molecule has 0 radical (unpaired) electrons. The number of ether oxygens (including phenoxy) is 1. The molecule has 1 aromatic carbocycles. The van der Waals surface area contributed by atoms with Crippen LogP contribution in [0.1, 0.15) is 57.6 Å². The SMILES string of the molecule is C/C(Cl)=C(/C)N=c1c(-c2ccc(C#N)cc2)nccn1C=O.C1CCOCC1.c1cnn(C2CC2)c1. The van der Waals surface area contributed by atoms with Gasteiger partial charge in [-0.15, -0.1) is 0 Å². The lowest BCUT2D eigenvalue weighted by atomic mass is 10.1.